The summed E-state index contributed by atoms with van der Waals surface area (Å²) in [5.74, 6) is 2.45. The molecule has 2 unspecified atom stereocenters. The zero-order chi connectivity index (χ0) is 22.3. The number of piperazine rings is 1. The molecule has 1 N–H and O–H groups in total. The number of aliphatic imine (C=N–C) groups is 1. The van der Waals surface area contributed by atoms with Gasteiger partial charge >= 0.3 is 0 Å². The fourth-order valence-corrected chi connectivity index (χ4v) is 5.09. The largest absolute Gasteiger partial charge is 0.381 e. The molecule has 0 aromatic carbocycles. The molecule has 0 aliphatic carbocycles. The van der Waals surface area contributed by atoms with Gasteiger partial charge in [-0.2, -0.15) is 0 Å². The van der Waals surface area contributed by atoms with E-state index in [0.29, 0.717) is 24.9 Å². The second-order valence-electron chi connectivity index (χ2n) is 9.68. The summed E-state index contributed by atoms with van der Waals surface area (Å²) in [7, 11) is 1.79. The smallest absolute Gasteiger partial charge is 0.236 e. The molecule has 3 heterocycles. The SMILES string of the molecule is CCNC(=NCC1(OC)CCOCC1)N1CCN(CC(=O)N2CC(C)CC(C)C2)CC1.I. The summed E-state index contributed by atoms with van der Waals surface area (Å²) in [5.41, 5.74) is -0.212. The molecule has 3 fully saturated rings. The Labute approximate surface area is 211 Å². The number of likely N-dealkylation sites (tertiary alicyclic amines) is 1. The van der Waals surface area contributed by atoms with Crippen LogP contribution in [0.15, 0.2) is 4.99 Å². The molecule has 3 aliphatic rings. The third-order valence-corrected chi connectivity index (χ3v) is 6.94. The third kappa shape index (κ3) is 7.70. The number of carbonyl (C=O) groups excluding carboxylic acids is 1. The number of halogens is 1. The van der Waals surface area contributed by atoms with Gasteiger partial charge < -0.3 is 24.6 Å². The standard InChI is InChI=1S/C23H43N5O3.HI/c1-5-24-22(25-18-23(30-4)6-12-31-13-7-23)27-10-8-26(9-11-27)17-21(29)28-15-19(2)14-20(3)16-28;/h19-20H,5-18H2,1-4H3,(H,24,25);1H. The van der Waals surface area contributed by atoms with Crippen LogP contribution in [-0.2, 0) is 14.3 Å². The molecule has 32 heavy (non-hydrogen) atoms. The van der Waals surface area contributed by atoms with E-state index in [9.17, 15) is 4.79 Å². The lowest BCUT2D eigenvalue weighted by atomic mass is 9.92. The Morgan fingerprint density at radius 1 is 1.09 bits per heavy atom. The molecule has 0 aromatic rings. The second-order valence-corrected chi connectivity index (χ2v) is 9.68. The molecule has 186 valence electrons. The lowest BCUT2D eigenvalue weighted by Crippen LogP contribution is -2.55. The van der Waals surface area contributed by atoms with Crippen molar-refractivity contribution in [2.45, 2.75) is 45.6 Å². The minimum Gasteiger partial charge on any atom is -0.381 e. The van der Waals surface area contributed by atoms with Crippen LogP contribution in [0.2, 0.25) is 0 Å². The number of amides is 1. The predicted molar refractivity (Wildman–Crippen MR) is 139 cm³/mol. The van der Waals surface area contributed by atoms with E-state index in [4.69, 9.17) is 14.5 Å². The van der Waals surface area contributed by atoms with Gasteiger partial charge in [-0.25, -0.2) is 0 Å². The molecule has 2 atom stereocenters. The van der Waals surface area contributed by atoms with E-state index in [2.05, 4.69) is 40.8 Å². The van der Waals surface area contributed by atoms with Gasteiger partial charge in [-0.15, -0.1) is 24.0 Å². The van der Waals surface area contributed by atoms with Crippen molar-refractivity contribution in [2.24, 2.45) is 16.8 Å². The minimum absolute atomic E-state index is 0. The number of hydrogen-bond donors (Lipinski definition) is 1. The first-order valence-electron chi connectivity index (χ1n) is 12.1. The molecule has 3 aliphatic heterocycles. The topological polar surface area (TPSA) is 69.6 Å². The fraction of sp³-hybridized carbons (Fsp3) is 0.913. The van der Waals surface area contributed by atoms with Gasteiger partial charge in [0.05, 0.1) is 18.7 Å². The average Bonchev–Trinajstić information content (AvgIpc) is 2.77. The quantitative estimate of drug-likeness (QED) is 0.302. The summed E-state index contributed by atoms with van der Waals surface area (Å²) < 4.78 is 11.3. The van der Waals surface area contributed by atoms with E-state index < -0.39 is 0 Å². The average molecular weight is 566 g/mol. The van der Waals surface area contributed by atoms with E-state index >= 15 is 0 Å². The molecule has 0 radical (unpaired) electrons. The molecule has 0 saturated carbocycles. The van der Waals surface area contributed by atoms with Crippen LogP contribution in [0.3, 0.4) is 0 Å². The van der Waals surface area contributed by atoms with Crippen LogP contribution in [0.1, 0.15) is 40.0 Å². The van der Waals surface area contributed by atoms with Crippen molar-refractivity contribution in [3.63, 3.8) is 0 Å². The highest BCUT2D eigenvalue weighted by Crippen LogP contribution is 2.25. The molecular weight excluding hydrogens is 521 g/mol. The maximum absolute atomic E-state index is 12.8. The van der Waals surface area contributed by atoms with Crippen LogP contribution in [0, 0.1) is 11.8 Å². The highest BCUT2D eigenvalue weighted by molar-refractivity contribution is 14.0. The first-order valence-corrected chi connectivity index (χ1v) is 12.1. The van der Waals surface area contributed by atoms with E-state index in [1.165, 1.54) is 6.42 Å². The number of rotatable bonds is 6. The van der Waals surface area contributed by atoms with Crippen molar-refractivity contribution in [3.05, 3.63) is 0 Å². The van der Waals surface area contributed by atoms with Gasteiger partial charge in [0.15, 0.2) is 5.96 Å². The summed E-state index contributed by atoms with van der Waals surface area (Å²) in [6.45, 7) is 15.5. The van der Waals surface area contributed by atoms with Crippen LogP contribution >= 0.6 is 24.0 Å². The van der Waals surface area contributed by atoms with E-state index in [-0.39, 0.29) is 35.5 Å². The number of ether oxygens (including phenoxy) is 2. The first-order chi connectivity index (χ1) is 14.9. The Bertz CT molecular complexity index is 596. The van der Waals surface area contributed by atoms with Gasteiger partial charge in [-0.1, -0.05) is 13.8 Å². The number of carbonyl (C=O) groups is 1. The van der Waals surface area contributed by atoms with Gasteiger partial charge in [-0.3, -0.25) is 14.7 Å². The molecule has 0 spiro atoms. The lowest BCUT2D eigenvalue weighted by molar-refractivity contribution is -0.135. The second kappa shape index (κ2) is 13.3. The third-order valence-electron chi connectivity index (χ3n) is 6.94. The highest BCUT2D eigenvalue weighted by Gasteiger charge is 2.33. The molecule has 3 saturated heterocycles. The van der Waals surface area contributed by atoms with Crippen LogP contribution in [-0.4, -0.2) is 111 Å². The van der Waals surface area contributed by atoms with Gasteiger partial charge in [0.2, 0.25) is 5.91 Å². The number of hydrogen-bond acceptors (Lipinski definition) is 5. The van der Waals surface area contributed by atoms with E-state index in [0.717, 1.165) is 77.8 Å². The van der Waals surface area contributed by atoms with Crippen molar-refractivity contribution in [1.29, 1.82) is 0 Å². The number of nitrogens with zero attached hydrogens (tertiary/aromatic N) is 4. The molecule has 0 aromatic heterocycles. The zero-order valence-electron chi connectivity index (χ0n) is 20.5. The van der Waals surface area contributed by atoms with Gasteiger partial charge in [-0.05, 0) is 25.2 Å². The van der Waals surface area contributed by atoms with Crippen molar-refractivity contribution >= 4 is 35.8 Å². The molecule has 1 amide bonds. The number of methoxy groups -OCH3 is 1. The summed E-state index contributed by atoms with van der Waals surface area (Å²) >= 11 is 0. The lowest BCUT2D eigenvalue weighted by Gasteiger charge is -2.39. The summed E-state index contributed by atoms with van der Waals surface area (Å²) in [6.07, 6.45) is 3.00. The Morgan fingerprint density at radius 2 is 1.72 bits per heavy atom. The van der Waals surface area contributed by atoms with E-state index in [1.54, 1.807) is 7.11 Å². The highest BCUT2D eigenvalue weighted by atomic mass is 127. The Kier molecular flexibility index (Phi) is 11.5. The summed E-state index contributed by atoms with van der Waals surface area (Å²) in [6, 6.07) is 0. The number of nitrogens with one attached hydrogen (secondary N) is 1. The molecular formula is C23H44IN5O3. The number of piperidine rings is 1. The predicted octanol–water partition coefficient (Wildman–Crippen LogP) is 1.89. The first kappa shape index (κ1) is 27.6. The van der Waals surface area contributed by atoms with Crippen molar-refractivity contribution in [1.82, 2.24) is 20.0 Å². The normalized spacial score (nSPS) is 27.1. The van der Waals surface area contributed by atoms with Crippen LogP contribution in [0.4, 0.5) is 0 Å². The van der Waals surface area contributed by atoms with Crippen LogP contribution in [0.25, 0.3) is 0 Å². The fourth-order valence-electron chi connectivity index (χ4n) is 5.09. The van der Waals surface area contributed by atoms with Crippen LogP contribution < -0.4 is 5.32 Å². The van der Waals surface area contributed by atoms with Gasteiger partial charge in [0.25, 0.3) is 0 Å². The molecule has 8 nitrogen and oxygen atoms in total. The summed E-state index contributed by atoms with van der Waals surface area (Å²) in [5, 5.41) is 3.45. The summed E-state index contributed by atoms with van der Waals surface area (Å²) in [4.78, 5) is 24.5. The van der Waals surface area contributed by atoms with Crippen LogP contribution in [0.5, 0.6) is 0 Å². The van der Waals surface area contributed by atoms with Gasteiger partial charge in [0, 0.05) is 79.0 Å². The van der Waals surface area contributed by atoms with Crippen molar-refractivity contribution in [3.8, 4) is 0 Å². The Balaban J connectivity index is 0.00000363. The maximum atomic E-state index is 12.8. The molecule has 0 bridgehead atoms. The zero-order valence-corrected chi connectivity index (χ0v) is 22.8. The van der Waals surface area contributed by atoms with E-state index in [1.807, 2.05) is 0 Å². The monoisotopic (exact) mass is 565 g/mol. The van der Waals surface area contributed by atoms with Crippen molar-refractivity contribution < 1.29 is 14.3 Å². The number of guanidine groups is 1. The minimum atomic E-state index is -0.212. The Morgan fingerprint density at radius 3 is 2.28 bits per heavy atom. The molecule has 9 heteroatoms. The Hall–Kier alpha value is -0.650. The maximum Gasteiger partial charge on any atom is 0.236 e. The van der Waals surface area contributed by atoms with Crippen molar-refractivity contribution in [2.75, 3.05) is 79.2 Å². The van der Waals surface area contributed by atoms with Gasteiger partial charge in [0.1, 0.15) is 0 Å². The molecule has 3 rings (SSSR count).